The number of carbonyl (C=O) groups excluding carboxylic acids is 2. The average molecular weight is 463 g/mol. The first-order valence-electron chi connectivity index (χ1n) is 10.2. The summed E-state index contributed by atoms with van der Waals surface area (Å²) < 4.78 is 15.7. The number of aromatic nitrogens is 3. The molecule has 6 rings (SSSR count). The van der Waals surface area contributed by atoms with E-state index >= 15 is 0 Å². The van der Waals surface area contributed by atoms with Crippen LogP contribution in [0.4, 0.5) is 5.13 Å². The lowest BCUT2D eigenvalue weighted by atomic mass is 10.1. The van der Waals surface area contributed by atoms with Gasteiger partial charge in [-0.3, -0.25) is 20.0 Å². The van der Waals surface area contributed by atoms with E-state index in [4.69, 9.17) is 13.9 Å². The average Bonchev–Trinajstić information content (AvgIpc) is 3.63. The summed E-state index contributed by atoms with van der Waals surface area (Å²) in [6, 6.07) is 8.87. The highest BCUT2D eigenvalue weighted by atomic mass is 32.1. The molecule has 1 aromatic carbocycles. The summed E-state index contributed by atoms with van der Waals surface area (Å²) >= 11 is 1.37. The molecule has 2 N–H and O–H groups in total. The molecule has 0 aliphatic carbocycles. The SMILES string of the molecule is O=C(Nc1nc2c(s1)CN(C(=O)c1cc(-c3ccc4c(c3)OCO4)n[nH]1)CC2)c1ccoc1. The molecule has 10 nitrogen and oxygen atoms in total. The fraction of sp³-hybridized carbons (Fsp3) is 0.182. The number of amides is 2. The van der Waals surface area contributed by atoms with Crippen molar-refractivity contribution >= 4 is 28.3 Å². The molecular weight excluding hydrogens is 446 g/mol. The van der Waals surface area contributed by atoms with Crippen LogP contribution in [0.3, 0.4) is 0 Å². The Morgan fingerprint density at radius 1 is 1.15 bits per heavy atom. The summed E-state index contributed by atoms with van der Waals surface area (Å²) in [6.45, 7) is 1.15. The molecule has 0 radical (unpaired) electrons. The number of ether oxygens (including phenoxy) is 2. The van der Waals surface area contributed by atoms with Crippen LogP contribution in [0.15, 0.2) is 47.3 Å². The van der Waals surface area contributed by atoms with E-state index < -0.39 is 0 Å². The molecule has 0 bridgehead atoms. The van der Waals surface area contributed by atoms with Gasteiger partial charge < -0.3 is 18.8 Å². The van der Waals surface area contributed by atoms with Crippen molar-refractivity contribution in [2.45, 2.75) is 13.0 Å². The van der Waals surface area contributed by atoms with Crippen molar-refractivity contribution in [2.24, 2.45) is 0 Å². The van der Waals surface area contributed by atoms with Gasteiger partial charge in [-0.25, -0.2) is 4.98 Å². The molecule has 33 heavy (non-hydrogen) atoms. The summed E-state index contributed by atoms with van der Waals surface area (Å²) in [5, 5.41) is 10.4. The van der Waals surface area contributed by atoms with E-state index in [2.05, 4.69) is 20.5 Å². The van der Waals surface area contributed by atoms with Crippen molar-refractivity contribution < 1.29 is 23.5 Å². The predicted octanol–water partition coefficient (Wildman–Crippen LogP) is 3.31. The van der Waals surface area contributed by atoms with Gasteiger partial charge in [0.25, 0.3) is 11.8 Å². The van der Waals surface area contributed by atoms with Crippen LogP contribution in [0.2, 0.25) is 0 Å². The maximum atomic E-state index is 13.1. The first kappa shape index (κ1) is 19.6. The number of H-pyrrole nitrogens is 1. The number of rotatable bonds is 4. The predicted molar refractivity (Wildman–Crippen MR) is 117 cm³/mol. The highest BCUT2D eigenvalue weighted by Gasteiger charge is 2.27. The fourth-order valence-corrected chi connectivity index (χ4v) is 4.81. The number of hydrogen-bond donors (Lipinski definition) is 2. The minimum Gasteiger partial charge on any atom is -0.472 e. The second kappa shape index (κ2) is 7.78. The van der Waals surface area contributed by atoms with Gasteiger partial charge in [0.05, 0.1) is 29.8 Å². The zero-order chi connectivity index (χ0) is 22.4. The Kier molecular flexibility index (Phi) is 4.61. The van der Waals surface area contributed by atoms with E-state index in [0.29, 0.717) is 53.1 Å². The number of nitrogens with one attached hydrogen (secondary N) is 2. The zero-order valence-electron chi connectivity index (χ0n) is 17.2. The van der Waals surface area contributed by atoms with Gasteiger partial charge in [0.1, 0.15) is 12.0 Å². The fourth-order valence-electron chi connectivity index (χ4n) is 3.79. The number of hydrogen-bond acceptors (Lipinski definition) is 8. The number of thiazole rings is 1. The highest BCUT2D eigenvalue weighted by molar-refractivity contribution is 7.15. The molecule has 2 aliphatic heterocycles. The Balaban J connectivity index is 1.16. The van der Waals surface area contributed by atoms with Gasteiger partial charge in [0, 0.05) is 23.4 Å². The minimum absolute atomic E-state index is 0.141. The molecule has 0 atom stereocenters. The minimum atomic E-state index is -0.281. The van der Waals surface area contributed by atoms with Gasteiger partial charge in [-0.1, -0.05) is 11.3 Å². The molecule has 0 fully saturated rings. The van der Waals surface area contributed by atoms with Crippen molar-refractivity contribution in [1.29, 1.82) is 0 Å². The van der Waals surface area contributed by atoms with E-state index in [9.17, 15) is 9.59 Å². The van der Waals surface area contributed by atoms with E-state index in [1.54, 1.807) is 17.0 Å². The van der Waals surface area contributed by atoms with Gasteiger partial charge in [-0.05, 0) is 30.3 Å². The normalized spacial score (nSPS) is 14.2. The van der Waals surface area contributed by atoms with Crippen LogP contribution >= 0.6 is 11.3 Å². The van der Waals surface area contributed by atoms with Crippen molar-refractivity contribution in [2.75, 3.05) is 18.7 Å². The topological polar surface area (TPSA) is 123 Å². The lowest BCUT2D eigenvalue weighted by Gasteiger charge is -2.25. The van der Waals surface area contributed by atoms with Crippen LogP contribution in [-0.2, 0) is 13.0 Å². The lowest BCUT2D eigenvalue weighted by Crippen LogP contribution is -2.35. The molecule has 2 aliphatic rings. The Morgan fingerprint density at radius 3 is 2.94 bits per heavy atom. The number of nitrogens with zero attached hydrogens (tertiary/aromatic N) is 3. The Labute approximate surface area is 191 Å². The molecule has 11 heteroatoms. The Hall–Kier alpha value is -4.12. The maximum absolute atomic E-state index is 13.1. The summed E-state index contributed by atoms with van der Waals surface area (Å²) in [5.74, 6) is 0.932. The smallest absolute Gasteiger partial charge is 0.272 e. The van der Waals surface area contributed by atoms with Crippen LogP contribution in [0.25, 0.3) is 11.3 Å². The molecule has 2 amide bonds. The maximum Gasteiger partial charge on any atom is 0.272 e. The van der Waals surface area contributed by atoms with Gasteiger partial charge in [0.2, 0.25) is 6.79 Å². The molecule has 0 spiro atoms. The van der Waals surface area contributed by atoms with Crippen LogP contribution in [-0.4, -0.2) is 45.2 Å². The molecule has 3 aromatic heterocycles. The molecule has 0 saturated heterocycles. The number of carbonyl (C=O) groups is 2. The highest BCUT2D eigenvalue weighted by Crippen LogP contribution is 2.35. The van der Waals surface area contributed by atoms with Crippen molar-refractivity contribution in [3.05, 3.63) is 64.7 Å². The third-order valence-corrected chi connectivity index (χ3v) is 6.50. The summed E-state index contributed by atoms with van der Waals surface area (Å²) in [6.07, 6.45) is 3.44. The van der Waals surface area contributed by atoms with Crippen molar-refractivity contribution in [3.8, 4) is 22.8 Å². The molecule has 0 saturated carbocycles. The van der Waals surface area contributed by atoms with Crippen LogP contribution < -0.4 is 14.8 Å². The van der Waals surface area contributed by atoms with E-state index in [-0.39, 0.29) is 18.6 Å². The molecule has 166 valence electrons. The number of benzene rings is 1. The number of aromatic amines is 1. The van der Waals surface area contributed by atoms with Crippen molar-refractivity contribution in [1.82, 2.24) is 20.1 Å². The standard InChI is InChI=1S/C22H17N5O5S/c28-20(13-4-6-30-10-13)24-22-23-14-3-5-27(9-19(14)33-22)21(29)16-8-15(25-26-16)12-1-2-17-18(7-12)32-11-31-17/h1-2,4,6-8,10H,3,5,9,11H2,(H,25,26)(H,23,24,28). The molecule has 5 heterocycles. The summed E-state index contributed by atoms with van der Waals surface area (Å²) in [7, 11) is 0. The number of anilines is 1. The van der Waals surface area contributed by atoms with Gasteiger partial charge in [-0.15, -0.1) is 0 Å². The summed E-state index contributed by atoms with van der Waals surface area (Å²) in [4.78, 5) is 32.5. The monoisotopic (exact) mass is 463 g/mol. The second-order valence-corrected chi connectivity index (χ2v) is 8.65. The number of furan rings is 1. The number of fused-ring (bicyclic) bond motifs is 2. The Morgan fingerprint density at radius 2 is 2.06 bits per heavy atom. The zero-order valence-corrected chi connectivity index (χ0v) is 18.0. The van der Waals surface area contributed by atoms with Crippen LogP contribution in [0.5, 0.6) is 11.5 Å². The van der Waals surface area contributed by atoms with E-state index in [0.717, 1.165) is 16.1 Å². The van der Waals surface area contributed by atoms with Gasteiger partial charge in [-0.2, -0.15) is 5.10 Å². The largest absolute Gasteiger partial charge is 0.472 e. The van der Waals surface area contributed by atoms with Gasteiger partial charge in [0.15, 0.2) is 16.6 Å². The molecule has 0 unspecified atom stereocenters. The Bertz CT molecular complexity index is 1360. The summed E-state index contributed by atoms with van der Waals surface area (Å²) in [5.41, 5.74) is 3.21. The van der Waals surface area contributed by atoms with E-state index in [1.165, 1.54) is 23.9 Å². The lowest BCUT2D eigenvalue weighted by molar-refractivity contribution is 0.0730. The third-order valence-electron chi connectivity index (χ3n) is 5.50. The van der Waals surface area contributed by atoms with Crippen molar-refractivity contribution in [3.63, 3.8) is 0 Å². The molecule has 4 aromatic rings. The van der Waals surface area contributed by atoms with Crippen LogP contribution in [0.1, 0.15) is 31.4 Å². The first-order chi connectivity index (χ1) is 16.1. The van der Waals surface area contributed by atoms with E-state index in [1.807, 2.05) is 18.2 Å². The first-order valence-corrected chi connectivity index (χ1v) is 11.0. The van der Waals surface area contributed by atoms with Gasteiger partial charge >= 0.3 is 0 Å². The third kappa shape index (κ3) is 3.61. The molecular formula is C22H17N5O5S. The quantitative estimate of drug-likeness (QED) is 0.476. The van der Waals surface area contributed by atoms with Crippen LogP contribution in [0, 0.1) is 0 Å². The second-order valence-electron chi connectivity index (χ2n) is 7.57.